The van der Waals surface area contributed by atoms with E-state index in [0.29, 0.717) is 0 Å². The van der Waals surface area contributed by atoms with E-state index in [1.54, 1.807) is 13.8 Å². The van der Waals surface area contributed by atoms with Crippen molar-refractivity contribution in [1.82, 2.24) is 0 Å². The van der Waals surface area contributed by atoms with Crippen molar-refractivity contribution in [2.24, 2.45) is 0 Å². The zero-order valence-corrected chi connectivity index (χ0v) is 8.60. The van der Waals surface area contributed by atoms with E-state index in [9.17, 15) is 5.11 Å². The van der Waals surface area contributed by atoms with Crippen LogP contribution in [0.5, 0.6) is 0 Å². The van der Waals surface area contributed by atoms with Gasteiger partial charge in [-0.25, -0.2) is 0 Å². The monoisotopic (exact) mass is 196 g/mol. The molecule has 0 amide bonds. The number of rotatable bonds is 1. The zero-order chi connectivity index (χ0) is 9.69. The molecular weight excluding hydrogens is 184 g/mol. The van der Waals surface area contributed by atoms with E-state index >= 15 is 0 Å². The first kappa shape index (κ1) is 9.04. The Balaban J connectivity index is 2.45. The number of alkyl halides is 1. The van der Waals surface area contributed by atoms with E-state index in [0.717, 1.165) is 12.0 Å². The highest BCUT2D eigenvalue weighted by atomic mass is 35.5. The molecule has 1 unspecified atom stereocenters. The van der Waals surface area contributed by atoms with Gasteiger partial charge in [-0.05, 0) is 31.4 Å². The number of benzene rings is 1. The molecule has 0 heterocycles. The molecule has 0 radical (unpaired) electrons. The minimum absolute atomic E-state index is 0.580. The summed E-state index contributed by atoms with van der Waals surface area (Å²) in [7, 11) is 0. The molecule has 0 saturated heterocycles. The molecule has 0 saturated carbocycles. The Hall–Kier alpha value is -0.530. The average Bonchev–Trinajstić information content (AvgIpc) is 2.00. The number of aliphatic hydroxyl groups is 1. The first-order valence-corrected chi connectivity index (χ1v) is 4.83. The molecule has 0 aromatic heterocycles. The lowest BCUT2D eigenvalue weighted by atomic mass is 9.68. The second kappa shape index (κ2) is 2.49. The average molecular weight is 197 g/mol. The van der Waals surface area contributed by atoms with Crippen molar-refractivity contribution >= 4 is 11.6 Å². The maximum Gasteiger partial charge on any atom is 0.102 e. The molecule has 0 aliphatic heterocycles. The predicted molar refractivity (Wildman–Crippen MR) is 54.0 cm³/mol. The van der Waals surface area contributed by atoms with Gasteiger partial charge in [-0.1, -0.05) is 24.3 Å². The Kier molecular flexibility index (Phi) is 1.73. The highest BCUT2D eigenvalue weighted by Crippen LogP contribution is 2.51. The summed E-state index contributed by atoms with van der Waals surface area (Å²) in [6.45, 7) is 3.52. The van der Waals surface area contributed by atoms with Crippen LogP contribution in [-0.2, 0) is 11.3 Å². The number of halogens is 1. The van der Waals surface area contributed by atoms with E-state index in [4.69, 9.17) is 11.6 Å². The lowest BCUT2D eigenvalue weighted by Gasteiger charge is -2.46. The molecule has 1 aromatic carbocycles. The maximum atomic E-state index is 9.91. The topological polar surface area (TPSA) is 20.2 Å². The van der Waals surface area contributed by atoms with Crippen LogP contribution in [0.3, 0.4) is 0 Å². The summed E-state index contributed by atoms with van der Waals surface area (Å²) in [6.07, 6.45) is 0.758. The van der Waals surface area contributed by atoms with Crippen LogP contribution in [0.4, 0.5) is 0 Å². The first-order chi connectivity index (χ1) is 5.95. The molecular formula is C11H13ClO. The fourth-order valence-corrected chi connectivity index (χ4v) is 2.19. The smallest absolute Gasteiger partial charge is 0.102 e. The van der Waals surface area contributed by atoms with Gasteiger partial charge >= 0.3 is 0 Å². The van der Waals surface area contributed by atoms with Crippen LogP contribution in [0.15, 0.2) is 24.3 Å². The summed E-state index contributed by atoms with van der Waals surface area (Å²) >= 11 is 6.36. The van der Waals surface area contributed by atoms with Crippen LogP contribution in [0.2, 0.25) is 0 Å². The Bertz CT molecular complexity index is 340. The van der Waals surface area contributed by atoms with Crippen molar-refractivity contribution in [2.75, 3.05) is 0 Å². The van der Waals surface area contributed by atoms with Gasteiger partial charge in [0.15, 0.2) is 0 Å². The van der Waals surface area contributed by atoms with E-state index in [1.807, 2.05) is 18.2 Å². The lowest BCUT2D eigenvalue weighted by Crippen LogP contribution is -2.50. The van der Waals surface area contributed by atoms with Gasteiger partial charge in [0, 0.05) is 0 Å². The molecule has 2 rings (SSSR count). The summed E-state index contributed by atoms with van der Waals surface area (Å²) in [5.41, 5.74) is 1.46. The van der Waals surface area contributed by atoms with Crippen molar-refractivity contribution < 1.29 is 5.11 Å². The van der Waals surface area contributed by atoms with Crippen LogP contribution in [0.1, 0.15) is 25.0 Å². The van der Waals surface area contributed by atoms with Gasteiger partial charge in [0.25, 0.3) is 0 Å². The van der Waals surface area contributed by atoms with Gasteiger partial charge < -0.3 is 5.11 Å². The van der Waals surface area contributed by atoms with E-state index in [-0.39, 0.29) is 0 Å². The van der Waals surface area contributed by atoms with Gasteiger partial charge in [-0.2, -0.15) is 0 Å². The minimum Gasteiger partial charge on any atom is -0.388 e. The third-order valence-electron chi connectivity index (χ3n) is 2.85. The number of fused-ring (bicyclic) bond motifs is 1. The van der Waals surface area contributed by atoms with Gasteiger partial charge in [0.2, 0.25) is 0 Å². The fraction of sp³-hybridized carbons (Fsp3) is 0.455. The second-order valence-electron chi connectivity index (χ2n) is 4.19. The van der Waals surface area contributed by atoms with Crippen molar-refractivity contribution in [3.8, 4) is 0 Å². The van der Waals surface area contributed by atoms with Gasteiger partial charge in [0.1, 0.15) is 4.87 Å². The Morgan fingerprint density at radius 1 is 1.38 bits per heavy atom. The summed E-state index contributed by atoms with van der Waals surface area (Å²) in [5, 5.41) is 9.91. The van der Waals surface area contributed by atoms with Gasteiger partial charge in [-0.15, -0.1) is 11.6 Å². The summed E-state index contributed by atoms with van der Waals surface area (Å²) < 4.78 is 0. The van der Waals surface area contributed by atoms with Crippen LogP contribution in [-0.4, -0.2) is 10.7 Å². The van der Waals surface area contributed by atoms with Gasteiger partial charge in [-0.3, -0.25) is 0 Å². The molecule has 1 aliphatic carbocycles. The second-order valence-corrected chi connectivity index (χ2v) is 4.84. The predicted octanol–water partition coefficient (Wildman–Crippen LogP) is 2.45. The number of hydrogen-bond acceptors (Lipinski definition) is 1. The summed E-state index contributed by atoms with van der Waals surface area (Å²) in [5.74, 6) is 0. The van der Waals surface area contributed by atoms with E-state index in [1.165, 1.54) is 5.56 Å². The summed E-state index contributed by atoms with van der Waals surface area (Å²) in [6, 6.07) is 8.01. The fourth-order valence-electron chi connectivity index (χ4n) is 1.86. The Morgan fingerprint density at radius 3 is 2.54 bits per heavy atom. The number of hydrogen-bond donors (Lipinski definition) is 1. The van der Waals surface area contributed by atoms with Crippen LogP contribution >= 0.6 is 11.6 Å². The van der Waals surface area contributed by atoms with Crippen molar-refractivity contribution in [3.05, 3.63) is 35.4 Å². The Labute approximate surface area is 83.3 Å². The lowest BCUT2D eigenvalue weighted by molar-refractivity contribution is 0.0214. The third-order valence-corrected chi connectivity index (χ3v) is 3.65. The minimum atomic E-state index is -0.858. The molecule has 1 N–H and O–H groups in total. The Morgan fingerprint density at radius 2 is 2.00 bits per heavy atom. The van der Waals surface area contributed by atoms with Crippen molar-refractivity contribution in [2.45, 2.75) is 30.7 Å². The molecule has 1 nitrogen and oxygen atoms in total. The SMILES string of the molecule is CC(C)(O)C1(Cl)Cc2ccccc21. The third kappa shape index (κ3) is 1.11. The molecule has 0 bridgehead atoms. The molecule has 1 atom stereocenters. The van der Waals surface area contributed by atoms with Crippen LogP contribution in [0.25, 0.3) is 0 Å². The molecule has 70 valence electrons. The molecule has 2 heteroatoms. The van der Waals surface area contributed by atoms with E-state index < -0.39 is 10.5 Å². The summed E-state index contributed by atoms with van der Waals surface area (Å²) in [4.78, 5) is -0.580. The maximum absolute atomic E-state index is 9.91. The van der Waals surface area contributed by atoms with Crippen LogP contribution < -0.4 is 0 Å². The molecule has 0 spiro atoms. The highest BCUT2D eigenvalue weighted by molar-refractivity contribution is 6.26. The molecule has 0 fully saturated rings. The van der Waals surface area contributed by atoms with Gasteiger partial charge in [0.05, 0.1) is 5.60 Å². The largest absolute Gasteiger partial charge is 0.388 e. The molecule has 13 heavy (non-hydrogen) atoms. The highest BCUT2D eigenvalue weighted by Gasteiger charge is 2.51. The molecule has 1 aliphatic rings. The van der Waals surface area contributed by atoms with Crippen molar-refractivity contribution in [1.29, 1.82) is 0 Å². The normalized spacial score (nSPS) is 26.5. The first-order valence-electron chi connectivity index (χ1n) is 4.45. The van der Waals surface area contributed by atoms with E-state index in [2.05, 4.69) is 6.07 Å². The van der Waals surface area contributed by atoms with Crippen LogP contribution in [0, 0.1) is 0 Å². The quantitative estimate of drug-likeness (QED) is 0.685. The zero-order valence-electron chi connectivity index (χ0n) is 7.84. The van der Waals surface area contributed by atoms with Crippen molar-refractivity contribution in [3.63, 3.8) is 0 Å². The standard InChI is InChI=1S/C11H13ClO/c1-10(2,13)11(12)7-8-5-3-4-6-9(8)11/h3-6,13H,7H2,1-2H3. The molecule has 1 aromatic rings.